The van der Waals surface area contributed by atoms with Gasteiger partial charge in [0.05, 0.1) is 11.4 Å². The minimum Gasteiger partial charge on any atom is -0.384 e. The Hall–Kier alpha value is -1.91. The molecule has 0 fully saturated rings. The molecule has 2 heterocycles. The fraction of sp³-hybridized carbons (Fsp3) is 0.462. The minimum atomic E-state index is 0.521. The maximum Gasteiger partial charge on any atom is 0.131 e. The lowest BCUT2D eigenvalue weighted by Gasteiger charge is -2.07. The second-order valence-electron chi connectivity index (χ2n) is 4.28. The molecule has 0 aliphatic rings. The quantitative estimate of drug-likeness (QED) is 0.877. The van der Waals surface area contributed by atoms with E-state index in [1.54, 1.807) is 6.20 Å². The van der Waals surface area contributed by atoms with Crippen LogP contribution in [-0.2, 0) is 13.0 Å². The van der Waals surface area contributed by atoms with Gasteiger partial charge in [-0.05, 0) is 18.9 Å². The van der Waals surface area contributed by atoms with Gasteiger partial charge in [0.15, 0.2) is 0 Å². The molecule has 5 nitrogen and oxygen atoms in total. The number of anilines is 1. The Labute approximate surface area is 107 Å². The molecule has 18 heavy (non-hydrogen) atoms. The first kappa shape index (κ1) is 12.5. The molecule has 2 rings (SSSR count). The molecule has 0 saturated heterocycles. The Morgan fingerprint density at radius 3 is 2.78 bits per heavy atom. The van der Waals surface area contributed by atoms with E-state index in [2.05, 4.69) is 28.9 Å². The second-order valence-corrected chi connectivity index (χ2v) is 4.28. The topological polar surface area (TPSA) is 69.6 Å². The summed E-state index contributed by atoms with van der Waals surface area (Å²) in [5.74, 6) is 1.32. The number of hydrogen-bond acceptors (Lipinski definition) is 4. The Balaban J connectivity index is 2.39. The highest BCUT2D eigenvalue weighted by Gasteiger charge is 2.09. The summed E-state index contributed by atoms with van der Waals surface area (Å²) in [6, 6.07) is 3.77. The van der Waals surface area contributed by atoms with Gasteiger partial charge in [0, 0.05) is 25.2 Å². The average Bonchev–Trinajstić information content (AvgIpc) is 2.77. The Kier molecular flexibility index (Phi) is 3.92. The SMILES string of the molecule is CCCc1nc(N)cc(-c2ccnn2CCC)n1. The predicted octanol–water partition coefficient (Wildman–Crippen LogP) is 2.28. The lowest BCUT2D eigenvalue weighted by atomic mass is 10.2. The van der Waals surface area contributed by atoms with E-state index >= 15 is 0 Å². The first-order chi connectivity index (χ1) is 8.74. The molecule has 96 valence electrons. The molecule has 0 aliphatic heterocycles. The van der Waals surface area contributed by atoms with Gasteiger partial charge in [0.1, 0.15) is 11.6 Å². The van der Waals surface area contributed by atoms with Gasteiger partial charge in [0.25, 0.3) is 0 Å². The highest BCUT2D eigenvalue weighted by Crippen LogP contribution is 2.19. The van der Waals surface area contributed by atoms with Gasteiger partial charge in [-0.2, -0.15) is 5.10 Å². The van der Waals surface area contributed by atoms with E-state index in [1.807, 2.05) is 16.8 Å². The van der Waals surface area contributed by atoms with Crippen LogP contribution < -0.4 is 5.73 Å². The van der Waals surface area contributed by atoms with Crippen molar-refractivity contribution in [1.29, 1.82) is 0 Å². The van der Waals surface area contributed by atoms with E-state index in [0.29, 0.717) is 5.82 Å². The predicted molar refractivity (Wildman–Crippen MR) is 72.0 cm³/mol. The van der Waals surface area contributed by atoms with E-state index in [1.165, 1.54) is 0 Å². The number of aromatic nitrogens is 4. The smallest absolute Gasteiger partial charge is 0.131 e. The maximum atomic E-state index is 5.84. The number of nitrogens with two attached hydrogens (primary N) is 1. The van der Waals surface area contributed by atoms with Gasteiger partial charge in [-0.3, -0.25) is 4.68 Å². The molecule has 0 spiro atoms. The van der Waals surface area contributed by atoms with E-state index in [9.17, 15) is 0 Å². The van der Waals surface area contributed by atoms with Crippen molar-refractivity contribution in [2.45, 2.75) is 39.7 Å². The lowest BCUT2D eigenvalue weighted by molar-refractivity contribution is 0.607. The van der Waals surface area contributed by atoms with Crippen LogP contribution in [0.5, 0.6) is 0 Å². The molecule has 0 atom stereocenters. The molecule has 0 aromatic carbocycles. The summed E-state index contributed by atoms with van der Waals surface area (Å²) in [5, 5.41) is 4.30. The summed E-state index contributed by atoms with van der Waals surface area (Å²) in [5.41, 5.74) is 7.70. The summed E-state index contributed by atoms with van der Waals surface area (Å²) in [6.07, 6.45) is 4.69. The Morgan fingerprint density at radius 1 is 1.22 bits per heavy atom. The van der Waals surface area contributed by atoms with E-state index < -0.39 is 0 Å². The molecule has 0 bridgehead atoms. The highest BCUT2D eigenvalue weighted by atomic mass is 15.3. The minimum absolute atomic E-state index is 0.521. The number of hydrogen-bond donors (Lipinski definition) is 1. The first-order valence-corrected chi connectivity index (χ1v) is 6.40. The van der Waals surface area contributed by atoms with Crippen molar-refractivity contribution in [3.8, 4) is 11.4 Å². The molecule has 5 heteroatoms. The van der Waals surface area contributed by atoms with Gasteiger partial charge >= 0.3 is 0 Å². The third-order valence-electron chi connectivity index (χ3n) is 2.68. The average molecular weight is 245 g/mol. The van der Waals surface area contributed by atoms with Crippen LogP contribution in [0.15, 0.2) is 18.3 Å². The highest BCUT2D eigenvalue weighted by molar-refractivity contribution is 5.57. The standard InChI is InChI=1S/C13H19N5/c1-3-5-13-16-10(9-12(14)17-13)11-6-7-15-18(11)8-4-2/h6-7,9H,3-5,8H2,1-2H3,(H2,14,16,17). The molecule has 0 radical (unpaired) electrons. The number of aryl methyl sites for hydroxylation is 2. The zero-order chi connectivity index (χ0) is 13.0. The molecule has 0 aliphatic carbocycles. The van der Waals surface area contributed by atoms with E-state index in [-0.39, 0.29) is 0 Å². The van der Waals surface area contributed by atoms with Crippen LogP contribution >= 0.6 is 0 Å². The summed E-state index contributed by atoms with van der Waals surface area (Å²) >= 11 is 0. The number of nitrogens with zero attached hydrogens (tertiary/aromatic N) is 4. The van der Waals surface area contributed by atoms with Gasteiger partial charge in [-0.15, -0.1) is 0 Å². The number of rotatable bonds is 5. The van der Waals surface area contributed by atoms with Gasteiger partial charge in [-0.25, -0.2) is 9.97 Å². The molecular weight excluding hydrogens is 226 g/mol. The van der Waals surface area contributed by atoms with Crippen LogP contribution in [0.2, 0.25) is 0 Å². The zero-order valence-electron chi connectivity index (χ0n) is 10.9. The lowest BCUT2D eigenvalue weighted by Crippen LogP contribution is -2.05. The van der Waals surface area contributed by atoms with Crippen molar-refractivity contribution < 1.29 is 0 Å². The van der Waals surface area contributed by atoms with Crippen LogP contribution in [0, 0.1) is 0 Å². The first-order valence-electron chi connectivity index (χ1n) is 6.40. The Bertz CT molecular complexity index is 518. The monoisotopic (exact) mass is 245 g/mol. The summed E-state index contributed by atoms with van der Waals surface area (Å²) < 4.78 is 1.96. The van der Waals surface area contributed by atoms with Crippen molar-refractivity contribution in [2.75, 3.05) is 5.73 Å². The van der Waals surface area contributed by atoms with Crippen molar-refractivity contribution >= 4 is 5.82 Å². The van der Waals surface area contributed by atoms with Crippen molar-refractivity contribution in [3.63, 3.8) is 0 Å². The molecule has 2 N–H and O–H groups in total. The molecular formula is C13H19N5. The Morgan fingerprint density at radius 2 is 2.06 bits per heavy atom. The van der Waals surface area contributed by atoms with Crippen molar-refractivity contribution in [3.05, 3.63) is 24.2 Å². The summed E-state index contributed by atoms with van der Waals surface area (Å²) in [4.78, 5) is 8.80. The van der Waals surface area contributed by atoms with Gasteiger partial charge < -0.3 is 5.73 Å². The number of nitrogen functional groups attached to an aromatic ring is 1. The van der Waals surface area contributed by atoms with Crippen LogP contribution in [0.4, 0.5) is 5.82 Å². The second kappa shape index (κ2) is 5.62. The van der Waals surface area contributed by atoms with Crippen molar-refractivity contribution in [2.24, 2.45) is 0 Å². The fourth-order valence-electron chi connectivity index (χ4n) is 1.92. The van der Waals surface area contributed by atoms with Crippen LogP contribution in [0.25, 0.3) is 11.4 Å². The summed E-state index contributed by atoms with van der Waals surface area (Å²) in [7, 11) is 0. The maximum absolute atomic E-state index is 5.84. The summed E-state index contributed by atoms with van der Waals surface area (Å²) in [6.45, 7) is 5.12. The molecule has 0 unspecified atom stereocenters. The third-order valence-corrected chi connectivity index (χ3v) is 2.68. The van der Waals surface area contributed by atoms with Crippen LogP contribution in [0.1, 0.15) is 32.5 Å². The largest absolute Gasteiger partial charge is 0.384 e. The zero-order valence-corrected chi connectivity index (χ0v) is 10.9. The fourth-order valence-corrected chi connectivity index (χ4v) is 1.92. The molecule has 0 amide bonds. The molecule has 0 saturated carbocycles. The van der Waals surface area contributed by atoms with E-state index in [0.717, 1.165) is 43.0 Å². The van der Waals surface area contributed by atoms with Crippen molar-refractivity contribution in [1.82, 2.24) is 19.7 Å². The van der Waals surface area contributed by atoms with Gasteiger partial charge in [0.2, 0.25) is 0 Å². The third kappa shape index (κ3) is 2.67. The van der Waals surface area contributed by atoms with Gasteiger partial charge in [-0.1, -0.05) is 13.8 Å². The molecule has 2 aromatic rings. The van der Waals surface area contributed by atoms with E-state index in [4.69, 9.17) is 5.73 Å². The normalized spacial score (nSPS) is 10.8. The molecule has 2 aromatic heterocycles. The van der Waals surface area contributed by atoms with Crippen LogP contribution in [-0.4, -0.2) is 19.7 Å². The van der Waals surface area contributed by atoms with Crippen LogP contribution in [0.3, 0.4) is 0 Å².